The summed E-state index contributed by atoms with van der Waals surface area (Å²) < 4.78 is 1.84. The number of nitrogens with zero attached hydrogens (tertiary/aromatic N) is 1. The standard InChI is InChI=1S/C21H17NO/c1-14-11-12-16(15(2)13-14)21(23)22-19-9-5-3-7-17(19)18-8-4-6-10-20(18)22/h3-13H,1-2H3. The van der Waals surface area contributed by atoms with E-state index in [1.165, 1.54) is 5.56 Å². The molecule has 0 radical (unpaired) electrons. The molecule has 1 aromatic heterocycles. The normalized spacial score (nSPS) is 11.2. The van der Waals surface area contributed by atoms with E-state index in [0.29, 0.717) is 0 Å². The zero-order chi connectivity index (χ0) is 16.0. The number of hydrogen-bond acceptors (Lipinski definition) is 1. The molecule has 2 nitrogen and oxygen atoms in total. The summed E-state index contributed by atoms with van der Waals surface area (Å²) in [4.78, 5) is 13.2. The van der Waals surface area contributed by atoms with E-state index >= 15 is 0 Å². The Balaban J connectivity index is 2.05. The van der Waals surface area contributed by atoms with E-state index < -0.39 is 0 Å². The topological polar surface area (TPSA) is 22.0 Å². The van der Waals surface area contributed by atoms with Crippen molar-refractivity contribution in [2.75, 3.05) is 0 Å². The van der Waals surface area contributed by atoms with Gasteiger partial charge in [0.25, 0.3) is 5.91 Å². The first-order chi connectivity index (χ1) is 11.2. The lowest BCUT2D eigenvalue weighted by molar-refractivity contribution is 0.0969. The van der Waals surface area contributed by atoms with Crippen LogP contribution in [0.4, 0.5) is 0 Å². The van der Waals surface area contributed by atoms with Crippen molar-refractivity contribution in [3.8, 4) is 0 Å². The summed E-state index contributed by atoms with van der Waals surface area (Å²) in [5.74, 6) is 0.0277. The average molecular weight is 299 g/mol. The molecular weight excluding hydrogens is 282 g/mol. The van der Waals surface area contributed by atoms with Crippen LogP contribution >= 0.6 is 0 Å². The Kier molecular flexibility index (Phi) is 3.05. The fourth-order valence-electron chi connectivity index (χ4n) is 3.32. The van der Waals surface area contributed by atoms with Gasteiger partial charge in [0.15, 0.2) is 0 Å². The largest absolute Gasteiger partial charge is 0.276 e. The van der Waals surface area contributed by atoms with Gasteiger partial charge in [-0.15, -0.1) is 0 Å². The molecule has 0 saturated heterocycles. The van der Waals surface area contributed by atoms with E-state index in [0.717, 1.165) is 32.9 Å². The Morgan fingerprint density at radius 3 is 1.91 bits per heavy atom. The van der Waals surface area contributed by atoms with Crippen molar-refractivity contribution in [2.45, 2.75) is 13.8 Å². The summed E-state index contributed by atoms with van der Waals surface area (Å²) >= 11 is 0. The maximum absolute atomic E-state index is 13.2. The summed E-state index contributed by atoms with van der Waals surface area (Å²) in [5.41, 5.74) is 4.84. The number of carbonyl (C=O) groups excluding carboxylic acids is 1. The minimum atomic E-state index is 0.0277. The third-order valence-electron chi connectivity index (χ3n) is 4.40. The fraction of sp³-hybridized carbons (Fsp3) is 0.0952. The van der Waals surface area contributed by atoms with Crippen LogP contribution in [0.1, 0.15) is 21.5 Å². The molecule has 23 heavy (non-hydrogen) atoms. The van der Waals surface area contributed by atoms with E-state index in [4.69, 9.17) is 0 Å². The lowest BCUT2D eigenvalue weighted by Crippen LogP contribution is -2.13. The molecule has 0 aliphatic rings. The Morgan fingerprint density at radius 2 is 1.35 bits per heavy atom. The van der Waals surface area contributed by atoms with Gasteiger partial charge < -0.3 is 0 Å². The van der Waals surface area contributed by atoms with Gasteiger partial charge in [-0.1, -0.05) is 54.1 Å². The number of carbonyl (C=O) groups is 1. The second kappa shape index (κ2) is 5.10. The molecule has 0 N–H and O–H groups in total. The predicted octanol–water partition coefficient (Wildman–Crippen LogP) is 5.10. The van der Waals surface area contributed by atoms with E-state index in [-0.39, 0.29) is 5.91 Å². The summed E-state index contributed by atoms with van der Waals surface area (Å²) in [5, 5.41) is 2.22. The van der Waals surface area contributed by atoms with Crippen LogP contribution in [0.5, 0.6) is 0 Å². The lowest BCUT2D eigenvalue weighted by atomic mass is 10.1. The van der Waals surface area contributed by atoms with Gasteiger partial charge >= 0.3 is 0 Å². The number of rotatable bonds is 1. The lowest BCUT2D eigenvalue weighted by Gasteiger charge is -2.09. The highest BCUT2D eigenvalue weighted by molar-refractivity contribution is 6.16. The van der Waals surface area contributed by atoms with Gasteiger partial charge in [0.1, 0.15) is 0 Å². The number of hydrogen-bond donors (Lipinski definition) is 0. The molecule has 1 heterocycles. The van der Waals surface area contributed by atoms with Gasteiger partial charge in [-0.2, -0.15) is 0 Å². The zero-order valence-electron chi connectivity index (χ0n) is 13.2. The van der Waals surface area contributed by atoms with Crippen LogP contribution < -0.4 is 0 Å². The van der Waals surface area contributed by atoms with Gasteiger partial charge in [-0.05, 0) is 37.6 Å². The molecule has 0 saturated carbocycles. The molecule has 0 aliphatic carbocycles. The summed E-state index contributed by atoms with van der Waals surface area (Å²) in [6.45, 7) is 4.04. The van der Waals surface area contributed by atoms with Crippen LogP contribution in [-0.4, -0.2) is 10.5 Å². The number of para-hydroxylation sites is 2. The second-order valence-electron chi connectivity index (χ2n) is 5.99. The molecule has 0 atom stereocenters. The van der Waals surface area contributed by atoms with Gasteiger partial charge in [0.2, 0.25) is 0 Å². The Morgan fingerprint density at radius 1 is 0.783 bits per heavy atom. The first kappa shape index (κ1) is 13.8. The van der Waals surface area contributed by atoms with E-state index in [9.17, 15) is 4.79 Å². The quantitative estimate of drug-likeness (QED) is 0.479. The number of aromatic nitrogens is 1. The maximum Gasteiger partial charge on any atom is 0.263 e. The van der Waals surface area contributed by atoms with Crippen LogP contribution in [0.15, 0.2) is 66.7 Å². The van der Waals surface area contributed by atoms with E-state index in [1.54, 1.807) is 0 Å². The Bertz CT molecular complexity index is 1000. The van der Waals surface area contributed by atoms with Gasteiger partial charge in [0, 0.05) is 16.3 Å². The van der Waals surface area contributed by atoms with Crippen molar-refractivity contribution in [1.82, 2.24) is 4.57 Å². The SMILES string of the molecule is Cc1ccc(C(=O)n2c3ccccc3c3ccccc32)c(C)c1. The van der Waals surface area contributed by atoms with Crippen molar-refractivity contribution in [3.63, 3.8) is 0 Å². The molecule has 0 spiro atoms. The highest BCUT2D eigenvalue weighted by atomic mass is 16.2. The average Bonchev–Trinajstić information content (AvgIpc) is 2.89. The first-order valence-corrected chi connectivity index (χ1v) is 7.77. The molecular formula is C21H17NO. The van der Waals surface area contributed by atoms with Crippen molar-refractivity contribution >= 4 is 27.7 Å². The molecule has 0 fully saturated rings. The van der Waals surface area contributed by atoms with Crippen LogP contribution in [0.25, 0.3) is 21.8 Å². The smallest absolute Gasteiger partial charge is 0.263 e. The Labute approximate surface area is 135 Å². The molecule has 0 bridgehead atoms. The second-order valence-corrected chi connectivity index (χ2v) is 5.99. The van der Waals surface area contributed by atoms with Gasteiger partial charge in [-0.3, -0.25) is 9.36 Å². The van der Waals surface area contributed by atoms with Crippen molar-refractivity contribution in [2.24, 2.45) is 0 Å². The van der Waals surface area contributed by atoms with Crippen molar-refractivity contribution in [3.05, 3.63) is 83.4 Å². The van der Waals surface area contributed by atoms with Crippen LogP contribution in [-0.2, 0) is 0 Å². The summed E-state index contributed by atoms with van der Waals surface area (Å²) in [6, 6.07) is 22.1. The predicted molar refractivity (Wildman–Crippen MR) is 95.1 cm³/mol. The summed E-state index contributed by atoms with van der Waals surface area (Å²) in [7, 11) is 0. The number of aryl methyl sites for hydroxylation is 2. The molecule has 0 amide bonds. The maximum atomic E-state index is 13.2. The minimum absolute atomic E-state index is 0.0277. The molecule has 0 unspecified atom stereocenters. The van der Waals surface area contributed by atoms with Gasteiger partial charge in [0.05, 0.1) is 11.0 Å². The van der Waals surface area contributed by atoms with Crippen molar-refractivity contribution < 1.29 is 4.79 Å². The first-order valence-electron chi connectivity index (χ1n) is 7.77. The zero-order valence-corrected chi connectivity index (χ0v) is 13.2. The van der Waals surface area contributed by atoms with Crippen molar-refractivity contribution in [1.29, 1.82) is 0 Å². The van der Waals surface area contributed by atoms with Crippen LogP contribution in [0.2, 0.25) is 0 Å². The third kappa shape index (κ3) is 2.07. The van der Waals surface area contributed by atoms with E-state index in [2.05, 4.69) is 18.2 Å². The molecule has 2 heteroatoms. The third-order valence-corrected chi connectivity index (χ3v) is 4.40. The van der Waals surface area contributed by atoms with Gasteiger partial charge in [-0.25, -0.2) is 0 Å². The molecule has 112 valence electrons. The molecule has 4 aromatic rings. The minimum Gasteiger partial charge on any atom is -0.276 e. The van der Waals surface area contributed by atoms with E-state index in [1.807, 2.05) is 66.9 Å². The molecule has 4 rings (SSSR count). The number of benzene rings is 3. The highest BCUT2D eigenvalue weighted by Crippen LogP contribution is 2.29. The van der Waals surface area contributed by atoms with Crippen LogP contribution in [0.3, 0.4) is 0 Å². The molecule has 3 aromatic carbocycles. The monoisotopic (exact) mass is 299 g/mol. The summed E-state index contributed by atoms with van der Waals surface area (Å²) in [6.07, 6.45) is 0. The Hall–Kier alpha value is -2.87. The van der Waals surface area contributed by atoms with Crippen LogP contribution in [0, 0.1) is 13.8 Å². The highest BCUT2D eigenvalue weighted by Gasteiger charge is 2.18. The fourth-order valence-corrected chi connectivity index (χ4v) is 3.32. The molecule has 0 aliphatic heterocycles. The number of fused-ring (bicyclic) bond motifs is 3.